The van der Waals surface area contributed by atoms with Crippen molar-refractivity contribution in [2.45, 2.75) is 6.92 Å². The van der Waals surface area contributed by atoms with Gasteiger partial charge < -0.3 is 0 Å². The fourth-order valence-corrected chi connectivity index (χ4v) is 2.00. The maximum atomic E-state index is 11.0. The number of Topliss-reactive ketones (excluding diaryl/α,β-unsaturated/α-hetero) is 1. The molecule has 0 aromatic carbocycles. The van der Waals surface area contributed by atoms with Crippen molar-refractivity contribution in [1.82, 2.24) is 9.97 Å². The molecule has 0 amide bonds. The summed E-state index contributed by atoms with van der Waals surface area (Å²) in [6.45, 7) is 1.49. The fourth-order valence-electron chi connectivity index (χ4n) is 1.06. The number of nitrogens with zero attached hydrogens (tertiary/aromatic N) is 2. The molecule has 0 saturated carbocycles. The number of hydrogen-bond donors (Lipinski definition) is 0. The molecule has 0 radical (unpaired) electrons. The minimum atomic E-state index is -0.0357. The van der Waals surface area contributed by atoms with Gasteiger partial charge in [0.25, 0.3) is 0 Å². The van der Waals surface area contributed by atoms with Gasteiger partial charge in [-0.3, -0.25) is 9.78 Å². The van der Waals surface area contributed by atoms with Crippen LogP contribution < -0.4 is 0 Å². The Morgan fingerprint density at radius 2 is 2.27 bits per heavy atom. The van der Waals surface area contributed by atoms with Gasteiger partial charge in [-0.05, 0) is 12.1 Å². The highest BCUT2D eigenvalue weighted by Crippen LogP contribution is 2.22. The molecule has 2 heterocycles. The third-order valence-electron chi connectivity index (χ3n) is 1.81. The predicted octanol–water partition coefficient (Wildman–Crippen LogP) is 3.06. The summed E-state index contributed by atoms with van der Waals surface area (Å²) in [5.41, 5.74) is 1.21. The lowest BCUT2D eigenvalue weighted by Gasteiger charge is -1.94. The van der Waals surface area contributed by atoms with E-state index in [1.165, 1.54) is 18.3 Å². The molecule has 15 heavy (non-hydrogen) atoms. The Balaban J connectivity index is 2.37. The molecule has 0 unspecified atom stereocenters. The van der Waals surface area contributed by atoms with Crippen molar-refractivity contribution in [3.05, 3.63) is 34.4 Å². The van der Waals surface area contributed by atoms with Gasteiger partial charge in [0.05, 0.1) is 10.7 Å². The highest BCUT2D eigenvalue weighted by Gasteiger charge is 2.08. The molecule has 0 N–H and O–H groups in total. The van der Waals surface area contributed by atoms with Crippen LogP contribution in [0.15, 0.2) is 23.7 Å². The first kappa shape index (κ1) is 10.3. The van der Waals surface area contributed by atoms with E-state index in [-0.39, 0.29) is 5.78 Å². The molecule has 2 rings (SSSR count). The summed E-state index contributed by atoms with van der Waals surface area (Å²) >= 11 is 7.12. The van der Waals surface area contributed by atoms with Crippen LogP contribution >= 0.6 is 22.9 Å². The SMILES string of the molecule is CC(=O)c1csc(-c2ccc(Cl)cn2)n1. The average molecular weight is 239 g/mol. The Morgan fingerprint density at radius 3 is 2.80 bits per heavy atom. The second-order valence-electron chi connectivity index (χ2n) is 2.96. The van der Waals surface area contributed by atoms with Crippen LogP contribution in [0.1, 0.15) is 17.4 Å². The Hall–Kier alpha value is -1.26. The maximum absolute atomic E-state index is 11.0. The molecular formula is C10H7ClN2OS. The highest BCUT2D eigenvalue weighted by molar-refractivity contribution is 7.13. The number of ketones is 1. The van der Waals surface area contributed by atoms with E-state index in [4.69, 9.17) is 11.6 Å². The molecular weight excluding hydrogens is 232 g/mol. The minimum Gasteiger partial charge on any atom is -0.293 e. The van der Waals surface area contributed by atoms with Gasteiger partial charge in [-0.2, -0.15) is 0 Å². The number of thiazole rings is 1. The van der Waals surface area contributed by atoms with Gasteiger partial charge in [0.2, 0.25) is 0 Å². The molecule has 0 fully saturated rings. The number of carbonyl (C=O) groups excluding carboxylic acids is 1. The zero-order chi connectivity index (χ0) is 10.8. The molecule has 0 spiro atoms. The van der Waals surface area contributed by atoms with Crippen molar-refractivity contribution in [2.75, 3.05) is 0 Å². The molecule has 2 aromatic heterocycles. The molecule has 0 saturated heterocycles. The Morgan fingerprint density at radius 1 is 1.47 bits per heavy atom. The fraction of sp³-hybridized carbons (Fsp3) is 0.100. The van der Waals surface area contributed by atoms with E-state index >= 15 is 0 Å². The number of rotatable bonds is 2. The summed E-state index contributed by atoms with van der Waals surface area (Å²) in [6.07, 6.45) is 1.56. The summed E-state index contributed by atoms with van der Waals surface area (Å²) in [6, 6.07) is 3.53. The second kappa shape index (κ2) is 4.08. The van der Waals surface area contributed by atoms with Gasteiger partial charge in [-0.1, -0.05) is 11.6 Å². The largest absolute Gasteiger partial charge is 0.293 e. The third-order valence-corrected chi connectivity index (χ3v) is 2.90. The summed E-state index contributed by atoms with van der Waals surface area (Å²) in [5.74, 6) is -0.0357. The van der Waals surface area contributed by atoms with Gasteiger partial charge in [0, 0.05) is 18.5 Å². The average Bonchev–Trinajstić information content (AvgIpc) is 2.68. The van der Waals surface area contributed by atoms with Gasteiger partial charge in [-0.15, -0.1) is 11.3 Å². The Labute approximate surface area is 95.8 Å². The molecule has 2 aromatic rings. The topological polar surface area (TPSA) is 42.9 Å². The first-order chi connectivity index (χ1) is 7.16. The van der Waals surface area contributed by atoms with Crippen LogP contribution in [-0.2, 0) is 0 Å². The van der Waals surface area contributed by atoms with Gasteiger partial charge in [-0.25, -0.2) is 4.98 Å². The molecule has 0 aliphatic rings. The van der Waals surface area contributed by atoms with Crippen molar-refractivity contribution in [2.24, 2.45) is 0 Å². The lowest BCUT2D eigenvalue weighted by atomic mass is 10.3. The predicted molar refractivity (Wildman–Crippen MR) is 60.4 cm³/mol. The smallest absolute Gasteiger partial charge is 0.178 e. The summed E-state index contributed by atoms with van der Waals surface area (Å²) < 4.78 is 0. The van der Waals surface area contributed by atoms with E-state index in [1.54, 1.807) is 23.7 Å². The molecule has 0 atom stereocenters. The van der Waals surface area contributed by atoms with Crippen LogP contribution in [-0.4, -0.2) is 15.8 Å². The van der Waals surface area contributed by atoms with Crippen LogP contribution in [0.5, 0.6) is 0 Å². The normalized spacial score (nSPS) is 10.3. The zero-order valence-corrected chi connectivity index (χ0v) is 9.47. The Kier molecular flexibility index (Phi) is 2.79. The molecule has 0 aliphatic heterocycles. The minimum absolute atomic E-state index is 0.0357. The number of halogens is 1. The van der Waals surface area contributed by atoms with E-state index in [1.807, 2.05) is 0 Å². The van der Waals surface area contributed by atoms with Crippen LogP contribution in [0.4, 0.5) is 0 Å². The van der Waals surface area contributed by atoms with Crippen molar-refractivity contribution < 1.29 is 4.79 Å². The van der Waals surface area contributed by atoms with Crippen molar-refractivity contribution in [3.8, 4) is 10.7 Å². The van der Waals surface area contributed by atoms with Crippen LogP contribution in [0, 0.1) is 0 Å². The first-order valence-corrected chi connectivity index (χ1v) is 5.51. The van der Waals surface area contributed by atoms with E-state index < -0.39 is 0 Å². The van der Waals surface area contributed by atoms with Crippen molar-refractivity contribution >= 4 is 28.7 Å². The lowest BCUT2D eigenvalue weighted by Crippen LogP contribution is -1.91. The van der Waals surface area contributed by atoms with Crippen LogP contribution in [0.3, 0.4) is 0 Å². The quantitative estimate of drug-likeness (QED) is 0.756. The zero-order valence-electron chi connectivity index (χ0n) is 7.90. The number of aromatic nitrogens is 2. The monoisotopic (exact) mass is 238 g/mol. The Bertz CT molecular complexity index is 492. The van der Waals surface area contributed by atoms with E-state index in [0.717, 1.165) is 10.7 Å². The van der Waals surface area contributed by atoms with E-state index in [2.05, 4.69) is 9.97 Å². The highest BCUT2D eigenvalue weighted by atomic mass is 35.5. The lowest BCUT2D eigenvalue weighted by molar-refractivity contribution is 0.101. The van der Waals surface area contributed by atoms with Crippen LogP contribution in [0.25, 0.3) is 10.7 Å². The van der Waals surface area contributed by atoms with E-state index in [0.29, 0.717) is 10.7 Å². The molecule has 0 aliphatic carbocycles. The first-order valence-electron chi connectivity index (χ1n) is 4.25. The molecule has 0 bridgehead atoms. The molecule has 76 valence electrons. The maximum Gasteiger partial charge on any atom is 0.178 e. The van der Waals surface area contributed by atoms with Crippen molar-refractivity contribution in [1.29, 1.82) is 0 Å². The summed E-state index contributed by atoms with van der Waals surface area (Å²) in [4.78, 5) is 19.3. The van der Waals surface area contributed by atoms with E-state index in [9.17, 15) is 4.79 Å². The summed E-state index contributed by atoms with van der Waals surface area (Å²) in [7, 11) is 0. The van der Waals surface area contributed by atoms with Crippen LogP contribution in [0.2, 0.25) is 5.02 Å². The summed E-state index contributed by atoms with van der Waals surface area (Å²) in [5, 5.41) is 3.05. The number of hydrogen-bond acceptors (Lipinski definition) is 4. The standard InChI is InChI=1S/C10H7ClN2OS/c1-6(14)9-5-15-10(13-9)8-3-2-7(11)4-12-8/h2-5H,1H3. The van der Waals surface area contributed by atoms with Crippen molar-refractivity contribution in [3.63, 3.8) is 0 Å². The molecule has 5 heteroatoms. The van der Waals surface area contributed by atoms with Gasteiger partial charge in [0.15, 0.2) is 5.78 Å². The molecule has 3 nitrogen and oxygen atoms in total. The second-order valence-corrected chi connectivity index (χ2v) is 4.25. The van der Waals surface area contributed by atoms with Gasteiger partial charge in [0.1, 0.15) is 10.7 Å². The number of pyridine rings is 1. The van der Waals surface area contributed by atoms with Gasteiger partial charge >= 0.3 is 0 Å². The third kappa shape index (κ3) is 2.22. The number of carbonyl (C=O) groups is 1.